The van der Waals surface area contributed by atoms with Crippen LogP contribution >= 0.6 is 0 Å². The Bertz CT molecular complexity index is 852. The first kappa shape index (κ1) is 26.2. The van der Waals surface area contributed by atoms with Crippen molar-refractivity contribution in [1.82, 2.24) is 0 Å². The minimum absolute atomic E-state index is 0.0477. The van der Waals surface area contributed by atoms with Crippen molar-refractivity contribution in [2.75, 3.05) is 0 Å². The van der Waals surface area contributed by atoms with Crippen LogP contribution in [0.5, 0.6) is 0 Å². The van der Waals surface area contributed by atoms with Gasteiger partial charge in [-0.05, 0) is 80.3 Å². The van der Waals surface area contributed by atoms with E-state index >= 15 is 0 Å². The average molecular weight is 481 g/mol. The molecule has 0 aromatic heterocycles. The lowest BCUT2D eigenvalue weighted by Gasteiger charge is -2.60. The van der Waals surface area contributed by atoms with Crippen molar-refractivity contribution in [2.24, 2.45) is 34.5 Å². The highest BCUT2D eigenvalue weighted by Crippen LogP contribution is 2.68. The molecule has 3 saturated carbocycles. The molecule has 0 aromatic rings. The van der Waals surface area contributed by atoms with Crippen LogP contribution in [0.25, 0.3) is 0 Å². The van der Waals surface area contributed by atoms with Crippen molar-refractivity contribution in [1.29, 1.82) is 0 Å². The molecule has 0 amide bonds. The first-order chi connectivity index (χ1) is 15.6. The van der Waals surface area contributed by atoms with E-state index < -0.39 is 52.4 Å². The molecule has 0 saturated heterocycles. The van der Waals surface area contributed by atoms with Gasteiger partial charge in [0.15, 0.2) is 5.78 Å². The molecule has 0 spiro atoms. The molecule has 6 N–H and O–H groups in total. The van der Waals surface area contributed by atoms with Gasteiger partial charge in [-0.3, -0.25) is 4.79 Å². The predicted octanol–water partition coefficient (Wildman–Crippen LogP) is 1.71. The van der Waals surface area contributed by atoms with Gasteiger partial charge in [0.1, 0.15) is 0 Å². The SMILES string of the molecule is CC(C)[C@H](O)C[C@H](O)[C@](C)(O)[C@H]1CC[C@@]2(O)C3=CC(=O)[C@@H]4C[C@@H](O)[C@@H](O)C[C@]4(C)[C@H]3CC[C@]12C. The molecular formula is C27H44O7. The van der Waals surface area contributed by atoms with E-state index in [1.165, 1.54) is 0 Å². The summed E-state index contributed by atoms with van der Waals surface area (Å²) in [6.07, 6.45) is 0.680. The third-order valence-electron chi connectivity index (χ3n) is 10.7. The zero-order valence-corrected chi connectivity index (χ0v) is 21.2. The number of hydrogen-bond acceptors (Lipinski definition) is 7. The number of allylic oxidation sites excluding steroid dienone is 1. The molecule has 0 aliphatic heterocycles. The number of ketones is 1. The summed E-state index contributed by atoms with van der Waals surface area (Å²) in [5, 5.41) is 65.7. The summed E-state index contributed by atoms with van der Waals surface area (Å²) >= 11 is 0. The van der Waals surface area contributed by atoms with Gasteiger partial charge in [-0.2, -0.15) is 0 Å². The van der Waals surface area contributed by atoms with Crippen LogP contribution in [0.4, 0.5) is 0 Å². The Hall–Kier alpha value is -0.830. The molecule has 7 heteroatoms. The summed E-state index contributed by atoms with van der Waals surface area (Å²) in [7, 11) is 0. The van der Waals surface area contributed by atoms with Gasteiger partial charge >= 0.3 is 0 Å². The molecule has 0 aromatic carbocycles. The summed E-state index contributed by atoms with van der Waals surface area (Å²) in [6, 6.07) is 0. The fourth-order valence-corrected chi connectivity index (χ4v) is 8.28. The molecule has 4 aliphatic carbocycles. The second-order valence-electron chi connectivity index (χ2n) is 12.9. The van der Waals surface area contributed by atoms with Crippen molar-refractivity contribution in [3.05, 3.63) is 11.6 Å². The molecule has 7 nitrogen and oxygen atoms in total. The van der Waals surface area contributed by atoms with Crippen LogP contribution in [-0.2, 0) is 4.79 Å². The summed E-state index contributed by atoms with van der Waals surface area (Å²) in [4.78, 5) is 13.3. The highest BCUT2D eigenvalue weighted by Gasteiger charge is 2.69. The van der Waals surface area contributed by atoms with E-state index in [9.17, 15) is 35.4 Å². The van der Waals surface area contributed by atoms with E-state index in [0.29, 0.717) is 37.7 Å². The van der Waals surface area contributed by atoms with Crippen molar-refractivity contribution >= 4 is 5.78 Å². The minimum atomic E-state index is -1.52. The maximum absolute atomic E-state index is 13.3. The zero-order chi connectivity index (χ0) is 25.4. The fraction of sp³-hybridized carbons (Fsp3) is 0.889. The first-order valence-corrected chi connectivity index (χ1v) is 13.0. The number of carbonyl (C=O) groups excluding carboxylic acids is 1. The van der Waals surface area contributed by atoms with E-state index in [2.05, 4.69) is 0 Å². The van der Waals surface area contributed by atoms with Crippen molar-refractivity contribution in [3.63, 3.8) is 0 Å². The van der Waals surface area contributed by atoms with Crippen LogP contribution in [0.15, 0.2) is 11.6 Å². The Labute approximate surface area is 202 Å². The zero-order valence-electron chi connectivity index (χ0n) is 21.2. The van der Waals surface area contributed by atoms with Gasteiger partial charge in [0.2, 0.25) is 0 Å². The lowest BCUT2D eigenvalue weighted by molar-refractivity contribution is -0.179. The quantitative estimate of drug-likeness (QED) is 0.352. The molecule has 194 valence electrons. The summed E-state index contributed by atoms with van der Waals surface area (Å²) in [5.41, 5.74) is -3.41. The lowest BCUT2D eigenvalue weighted by atomic mass is 9.45. The van der Waals surface area contributed by atoms with Crippen molar-refractivity contribution in [3.8, 4) is 0 Å². The Morgan fingerprint density at radius 1 is 1.09 bits per heavy atom. The normalized spacial score (nSPS) is 47.8. The largest absolute Gasteiger partial charge is 0.393 e. The van der Waals surface area contributed by atoms with E-state index in [1.807, 2.05) is 27.7 Å². The highest BCUT2D eigenvalue weighted by molar-refractivity contribution is 5.95. The van der Waals surface area contributed by atoms with Crippen LogP contribution in [0.3, 0.4) is 0 Å². The van der Waals surface area contributed by atoms with Crippen LogP contribution < -0.4 is 0 Å². The Kier molecular flexibility index (Phi) is 6.45. The van der Waals surface area contributed by atoms with Crippen molar-refractivity contribution in [2.45, 2.75) is 115 Å². The Morgan fingerprint density at radius 3 is 2.35 bits per heavy atom. The fourth-order valence-electron chi connectivity index (χ4n) is 8.28. The second-order valence-corrected chi connectivity index (χ2v) is 12.9. The van der Waals surface area contributed by atoms with Crippen LogP contribution in [-0.4, -0.2) is 72.0 Å². The Balaban J connectivity index is 1.68. The molecule has 0 heterocycles. The monoisotopic (exact) mass is 480 g/mol. The predicted molar refractivity (Wildman–Crippen MR) is 127 cm³/mol. The third kappa shape index (κ3) is 3.57. The van der Waals surface area contributed by atoms with Crippen LogP contribution in [0.1, 0.15) is 79.6 Å². The number of aliphatic hydroxyl groups excluding tert-OH is 4. The van der Waals surface area contributed by atoms with E-state index in [1.54, 1.807) is 13.0 Å². The van der Waals surface area contributed by atoms with Gasteiger partial charge in [-0.1, -0.05) is 27.7 Å². The second kappa shape index (κ2) is 8.35. The molecule has 0 radical (unpaired) electrons. The van der Waals surface area contributed by atoms with Gasteiger partial charge in [0.25, 0.3) is 0 Å². The third-order valence-corrected chi connectivity index (χ3v) is 10.7. The van der Waals surface area contributed by atoms with Gasteiger partial charge in [-0.25, -0.2) is 0 Å². The van der Waals surface area contributed by atoms with E-state index in [0.717, 1.165) is 0 Å². The Morgan fingerprint density at radius 2 is 1.74 bits per heavy atom. The van der Waals surface area contributed by atoms with Crippen LogP contribution in [0.2, 0.25) is 0 Å². The number of aliphatic hydroxyl groups is 6. The van der Waals surface area contributed by atoms with Crippen molar-refractivity contribution < 1.29 is 35.4 Å². The lowest BCUT2D eigenvalue weighted by Crippen LogP contribution is -2.63. The molecule has 4 aliphatic rings. The molecule has 0 unspecified atom stereocenters. The average Bonchev–Trinajstić information content (AvgIpc) is 3.02. The molecular weight excluding hydrogens is 436 g/mol. The van der Waals surface area contributed by atoms with Gasteiger partial charge in [0, 0.05) is 17.8 Å². The summed E-state index contributed by atoms with van der Waals surface area (Å²) in [6.45, 7) is 9.30. The van der Waals surface area contributed by atoms with Gasteiger partial charge in [0.05, 0.1) is 35.6 Å². The number of fused-ring (bicyclic) bond motifs is 5. The smallest absolute Gasteiger partial charge is 0.159 e. The number of rotatable bonds is 5. The minimum Gasteiger partial charge on any atom is -0.393 e. The van der Waals surface area contributed by atoms with Gasteiger partial charge in [-0.15, -0.1) is 0 Å². The molecule has 34 heavy (non-hydrogen) atoms. The summed E-state index contributed by atoms with van der Waals surface area (Å²) < 4.78 is 0. The molecule has 11 atom stereocenters. The molecule has 0 bridgehead atoms. The van der Waals surface area contributed by atoms with Crippen LogP contribution in [0, 0.1) is 34.5 Å². The highest BCUT2D eigenvalue weighted by atomic mass is 16.3. The molecule has 4 rings (SSSR count). The standard InChI is InChI=1S/C27H44O7/c1-14(2)18(28)12-23(32)26(5,33)22-7-9-27(34)16-10-19(29)17-11-20(30)21(31)13-24(17,3)15(16)6-8-25(22,27)4/h10,14-15,17-18,20-23,28,30-34H,6-9,11-13H2,1-5H3/t15-,17-,18+,20+,21-,22-,23-,24+,25+,26+,27+/m0/s1. The molecule has 3 fully saturated rings. The maximum Gasteiger partial charge on any atom is 0.159 e. The van der Waals surface area contributed by atoms with E-state index in [4.69, 9.17) is 0 Å². The maximum atomic E-state index is 13.3. The van der Waals surface area contributed by atoms with E-state index in [-0.39, 0.29) is 36.4 Å². The van der Waals surface area contributed by atoms with Gasteiger partial charge < -0.3 is 30.6 Å². The number of carbonyl (C=O) groups is 1. The summed E-state index contributed by atoms with van der Waals surface area (Å²) in [5.74, 6) is -1.04. The first-order valence-electron chi connectivity index (χ1n) is 13.0. The topological polar surface area (TPSA) is 138 Å². The number of hydrogen-bond donors (Lipinski definition) is 6.